The van der Waals surface area contributed by atoms with Crippen LogP contribution in [-0.2, 0) is 0 Å². The van der Waals surface area contributed by atoms with E-state index in [4.69, 9.17) is 4.52 Å². The number of nitrogens with one attached hydrogen (secondary N) is 1. The summed E-state index contributed by atoms with van der Waals surface area (Å²) in [6.07, 6.45) is 1.55. The monoisotopic (exact) mass is 262 g/mol. The van der Waals surface area contributed by atoms with Gasteiger partial charge in [-0.25, -0.2) is 0 Å². The van der Waals surface area contributed by atoms with Crippen molar-refractivity contribution in [2.75, 3.05) is 5.32 Å². The molecule has 0 bridgehead atoms. The maximum atomic E-state index is 12.7. The molecule has 1 N–H and O–H groups in total. The summed E-state index contributed by atoms with van der Waals surface area (Å²) in [4.78, 5) is 12.7. The first-order valence-electron chi connectivity index (χ1n) is 6.25. The lowest BCUT2D eigenvalue weighted by Gasteiger charge is -2.16. The lowest BCUT2D eigenvalue weighted by atomic mass is 9.87. The topological polar surface area (TPSA) is 55.1 Å². The minimum absolute atomic E-state index is 0.0220. The van der Waals surface area contributed by atoms with Crippen molar-refractivity contribution in [3.63, 3.8) is 0 Å². The van der Waals surface area contributed by atoms with E-state index in [1.54, 1.807) is 12.3 Å². The molecule has 2 aromatic carbocycles. The largest absolute Gasteiger partial charge is 0.362 e. The maximum absolute atomic E-state index is 12.7. The van der Waals surface area contributed by atoms with Crippen molar-refractivity contribution in [3.8, 4) is 11.3 Å². The summed E-state index contributed by atoms with van der Waals surface area (Å²) >= 11 is 0. The molecule has 0 fully saturated rings. The lowest BCUT2D eigenvalue weighted by Crippen LogP contribution is -2.11. The number of hydrogen-bond donors (Lipinski definition) is 1. The minimum Gasteiger partial charge on any atom is -0.362 e. The van der Waals surface area contributed by atoms with E-state index in [1.807, 2.05) is 30.3 Å². The molecule has 4 nitrogen and oxygen atoms in total. The Bertz CT molecular complexity index is 877. The fourth-order valence-electron chi connectivity index (χ4n) is 2.70. The molecule has 1 heterocycles. The molecular weight excluding hydrogens is 252 g/mol. The van der Waals surface area contributed by atoms with Crippen molar-refractivity contribution in [3.05, 3.63) is 60.3 Å². The molecule has 0 radical (unpaired) electrons. The molecule has 4 rings (SSSR count). The summed E-state index contributed by atoms with van der Waals surface area (Å²) in [6.45, 7) is 3.65. The number of ketones is 1. The van der Waals surface area contributed by atoms with Gasteiger partial charge in [-0.3, -0.25) is 4.79 Å². The number of carbonyl (C=O) groups is 1. The number of hydrogen-bond acceptors (Lipinski definition) is 4. The molecule has 0 unspecified atom stereocenters. The second-order valence-corrected chi connectivity index (χ2v) is 4.62. The summed E-state index contributed by atoms with van der Waals surface area (Å²) in [5, 5.41) is 7.81. The summed E-state index contributed by atoms with van der Waals surface area (Å²) in [6, 6.07) is 11.1. The molecule has 0 saturated heterocycles. The van der Waals surface area contributed by atoms with Gasteiger partial charge in [0.05, 0.1) is 16.6 Å². The summed E-state index contributed by atoms with van der Waals surface area (Å²) in [7, 11) is 0. The molecule has 4 heteroatoms. The van der Waals surface area contributed by atoms with Gasteiger partial charge in [0.2, 0.25) is 0 Å². The summed E-state index contributed by atoms with van der Waals surface area (Å²) < 4.78 is 5.45. The van der Waals surface area contributed by atoms with Crippen LogP contribution < -0.4 is 5.32 Å². The van der Waals surface area contributed by atoms with Crippen molar-refractivity contribution in [2.45, 2.75) is 0 Å². The van der Waals surface area contributed by atoms with Crippen molar-refractivity contribution in [1.82, 2.24) is 5.16 Å². The number of benzene rings is 2. The average Bonchev–Trinajstić information content (AvgIpc) is 2.90. The average molecular weight is 262 g/mol. The predicted octanol–water partition coefficient (Wildman–Crippen LogP) is 3.59. The second-order valence-electron chi connectivity index (χ2n) is 4.62. The van der Waals surface area contributed by atoms with Crippen molar-refractivity contribution >= 4 is 22.4 Å². The number of fused-ring (bicyclic) bond motifs is 2. The quantitative estimate of drug-likeness (QED) is 0.599. The van der Waals surface area contributed by atoms with Crippen LogP contribution in [0.5, 0.6) is 0 Å². The van der Waals surface area contributed by atoms with E-state index >= 15 is 0 Å². The van der Waals surface area contributed by atoms with Crippen molar-refractivity contribution in [1.29, 1.82) is 0 Å². The van der Waals surface area contributed by atoms with Crippen LogP contribution in [0.1, 0.15) is 15.9 Å². The van der Waals surface area contributed by atoms with Crippen LogP contribution in [0.15, 0.2) is 53.7 Å². The molecule has 1 aliphatic carbocycles. The van der Waals surface area contributed by atoms with Gasteiger partial charge in [-0.05, 0) is 18.3 Å². The molecule has 96 valence electrons. The minimum atomic E-state index is -0.0220. The van der Waals surface area contributed by atoms with E-state index in [0.29, 0.717) is 22.4 Å². The SMILES string of the molecule is C=CNc1ccc2noc3c2c1C(=O)c1ccccc1-3. The summed E-state index contributed by atoms with van der Waals surface area (Å²) in [5.41, 5.74) is 3.43. The Kier molecular flexibility index (Phi) is 2.09. The van der Waals surface area contributed by atoms with E-state index in [0.717, 1.165) is 16.6 Å². The van der Waals surface area contributed by atoms with Gasteiger partial charge in [-0.15, -0.1) is 0 Å². The van der Waals surface area contributed by atoms with E-state index in [9.17, 15) is 4.79 Å². The smallest absolute Gasteiger partial charge is 0.196 e. The highest BCUT2D eigenvalue weighted by atomic mass is 16.5. The van der Waals surface area contributed by atoms with Crippen LogP contribution in [0.4, 0.5) is 5.69 Å². The van der Waals surface area contributed by atoms with Gasteiger partial charge in [-0.1, -0.05) is 36.0 Å². The highest BCUT2D eigenvalue weighted by Gasteiger charge is 2.30. The van der Waals surface area contributed by atoms with Crippen molar-refractivity contribution < 1.29 is 9.32 Å². The Labute approximate surface area is 114 Å². The number of nitrogens with zero attached hydrogens (tertiary/aromatic N) is 1. The third-order valence-corrected chi connectivity index (χ3v) is 3.55. The number of aromatic nitrogens is 1. The first-order valence-corrected chi connectivity index (χ1v) is 6.25. The molecule has 0 aliphatic heterocycles. The lowest BCUT2D eigenvalue weighted by molar-refractivity contribution is 0.104. The number of carbonyl (C=O) groups excluding carboxylic acids is 1. The fourth-order valence-corrected chi connectivity index (χ4v) is 2.70. The molecule has 0 spiro atoms. The fraction of sp³-hybridized carbons (Fsp3) is 0. The van der Waals surface area contributed by atoms with Crippen LogP contribution in [0, 0.1) is 0 Å². The van der Waals surface area contributed by atoms with Crippen molar-refractivity contribution in [2.24, 2.45) is 0 Å². The Balaban J connectivity index is 2.18. The van der Waals surface area contributed by atoms with E-state index < -0.39 is 0 Å². The van der Waals surface area contributed by atoms with Gasteiger partial charge in [0, 0.05) is 11.1 Å². The predicted molar refractivity (Wildman–Crippen MR) is 76.7 cm³/mol. The zero-order valence-electron chi connectivity index (χ0n) is 10.5. The van der Waals surface area contributed by atoms with Crippen LogP contribution >= 0.6 is 0 Å². The van der Waals surface area contributed by atoms with Gasteiger partial charge >= 0.3 is 0 Å². The molecule has 3 aromatic rings. The molecular formula is C16H10N2O2. The van der Waals surface area contributed by atoms with Gasteiger partial charge < -0.3 is 9.84 Å². The maximum Gasteiger partial charge on any atom is 0.196 e. The Morgan fingerprint density at radius 2 is 1.95 bits per heavy atom. The van der Waals surface area contributed by atoms with Gasteiger partial charge in [0.25, 0.3) is 0 Å². The zero-order chi connectivity index (χ0) is 13.7. The van der Waals surface area contributed by atoms with Gasteiger partial charge in [0.15, 0.2) is 11.5 Å². The second kappa shape index (κ2) is 3.81. The Hall–Kier alpha value is -2.88. The van der Waals surface area contributed by atoms with E-state index in [1.165, 1.54) is 0 Å². The first kappa shape index (κ1) is 11.0. The Morgan fingerprint density at radius 3 is 2.75 bits per heavy atom. The van der Waals surface area contributed by atoms with E-state index in [2.05, 4.69) is 17.1 Å². The van der Waals surface area contributed by atoms with Crippen LogP contribution in [0.2, 0.25) is 0 Å². The highest BCUT2D eigenvalue weighted by molar-refractivity contribution is 6.27. The molecule has 1 aromatic heterocycles. The molecule has 0 amide bonds. The summed E-state index contributed by atoms with van der Waals surface area (Å²) in [5.74, 6) is 0.629. The normalized spacial score (nSPS) is 12.3. The number of rotatable bonds is 2. The standard InChI is InChI=1S/C16H10N2O2/c1-2-17-11-7-8-12-14-13(11)15(19)9-5-3-4-6-10(9)16(14)20-18-12/h2-8,17H,1H2. The molecule has 0 saturated carbocycles. The van der Waals surface area contributed by atoms with Crippen LogP contribution in [0.3, 0.4) is 0 Å². The highest BCUT2D eigenvalue weighted by Crippen LogP contribution is 2.41. The Morgan fingerprint density at radius 1 is 1.15 bits per heavy atom. The zero-order valence-corrected chi connectivity index (χ0v) is 10.5. The third-order valence-electron chi connectivity index (χ3n) is 3.55. The van der Waals surface area contributed by atoms with E-state index in [-0.39, 0.29) is 5.78 Å². The molecule has 0 atom stereocenters. The van der Waals surface area contributed by atoms with Crippen LogP contribution in [-0.4, -0.2) is 10.9 Å². The molecule has 20 heavy (non-hydrogen) atoms. The first-order chi connectivity index (χ1) is 9.81. The molecule has 1 aliphatic rings. The number of anilines is 1. The van der Waals surface area contributed by atoms with Gasteiger partial charge in [0.1, 0.15) is 5.52 Å². The third kappa shape index (κ3) is 1.25. The van der Waals surface area contributed by atoms with Crippen LogP contribution in [0.25, 0.3) is 22.2 Å². The van der Waals surface area contributed by atoms with Gasteiger partial charge in [-0.2, -0.15) is 0 Å².